The number of para-hydroxylation sites is 1. The maximum Gasteiger partial charge on any atom is 0.244 e. The van der Waals surface area contributed by atoms with E-state index in [-0.39, 0.29) is 11.4 Å². The highest BCUT2D eigenvalue weighted by Crippen LogP contribution is 2.28. The van der Waals surface area contributed by atoms with Crippen molar-refractivity contribution in [3.8, 4) is 5.75 Å². The monoisotopic (exact) mass is 362 g/mol. The van der Waals surface area contributed by atoms with Crippen molar-refractivity contribution >= 4 is 21.0 Å². The molecule has 0 spiro atoms. The van der Waals surface area contributed by atoms with Crippen LogP contribution in [0.25, 0.3) is 11.0 Å². The zero-order chi connectivity index (χ0) is 17.4. The average Bonchev–Trinajstić information content (AvgIpc) is 3.23. The molecule has 8 nitrogen and oxygen atoms in total. The molecule has 1 aliphatic heterocycles. The molecule has 25 heavy (non-hydrogen) atoms. The fraction of sp³-hybridized carbons (Fsp3) is 0.312. The van der Waals surface area contributed by atoms with Gasteiger partial charge in [-0.3, -0.25) is 4.68 Å². The van der Waals surface area contributed by atoms with Gasteiger partial charge in [0.2, 0.25) is 10.0 Å². The number of furan rings is 1. The summed E-state index contributed by atoms with van der Waals surface area (Å²) in [5, 5.41) is 8.17. The number of rotatable bonds is 5. The van der Waals surface area contributed by atoms with Crippen molar-refractivity contribution in [1.29, 1.82) is 0 Å². The number of sulfonamides is 1. The maximum atomic E-state index is 12.6. The van der Waals surface area contributed by atoms with Gasteiger partial charge in [-0.05, 0) is 12.1 Å². The number of ether oxygens (including phenoxy) is 1. The van der Waals surface area contributed by atoms with Gasteiger partial charge in [0.25, 0.3) is 0 Å². The van der Waals surface area contributed by atoms with Crippen molar-refractivity contribution < 1.29 is 17.6 Å². The fourth-order valence-electron chi connectivity index (χ4n) is 2.96. The Balaban J connectivity index is 1.57. The minimum Gasteiger partial charge on any atom is -0.493 e. The summed E-state index contributed by atoms with van der Waals surface area (Å²) in [5.41, 5.74) is 1.27. The van der Waals surface area contributed by atoms with Crippen LogP contribution in [-0.2, 0) is 29.7 Å². The van der Waals surface area contributed by atoms with E-state index in [0.29, 0.717) is 35.9 Å². The molecule has 9 heteroatoms. The number of aromatic nitrogens is 2. The molecule has 1 aliphatic rings. The Morgan fingerprint density at radius 3 is 3.16 bits per heavy atom. The Labute approximate surface area is 144 Å². The SMILES string of the molecule is COc1cccc2cc(CNS(=O)(=O)c3cnn4c3CNCC4)oc12. The molecule has 0 amide bonds. The summed E-state index contributed by atoms with van der Waals surface area (Å²) in [6.07, 6.45) is 1.40. The molecule has 0 unspecified atom stereocenters. The number of fused-ring (bicyclic) bond motifs is 2. The zero-order valence-corrected chi connectivity index (χ0v) is 14.5. The first-order valence-electron chi connectivity index (χ1n) is 7.89. The predicted molar refractivity (Wildman–Crippen MR) is 90.7 cm³/mol. The number of hydrogen-bond donors (Lipinski definition) is 2. The molecule has 0 aliphatic carbocycles. The van der Waals surface area contributed by atoms with Crippen molar-refractivity contribution in [2.45, 2.75) is 24.5 Å². The summed E-state index contributed by atoms with van der Waals surface area (Å²) >= 11 is 0. The summed E-state index contributed by atoms with van der Waals surface area (Å²) in [4.78, 5) is 0.202. The van der Waals surface area contributed by atoms with Crippen LogP contribution in [-0.4, -0.2) is 31.9 Å². The predicted octanol–water partition coefficient (Wildman–Crippen LogP) is 1.22. The van der Waals surface area contributed by atoms with Crippen LogP contribution in [0.4, 0.5) is 0 Å². The second kappa shape index (κ2) is 6.17. The van der Waals surface area contributed by atoms with Crippen molar-refractivity contribution in [2.24, 2.45) is 0 Å². The van der Waals surface area contributed by atoms with Gasteiger partial charge in [-0.15, -0.1) is 0 Å². The van der Waals surface area contributed by atoms with Gasteiger partial charge in [0.05, 0.1) is 32.1 Å². The van der Waals surface area contributed by atoms with Gasteiger partial charge in [0.15, 0.2) is 11.3 Å². The zero-order valence-electron chi connectivity index (χ0n) is 13.7. The minimum atomic E-state index is -3.67. The lowest BCUT2D eigenvalue weighted by Gasteiger charge is -2.16. The van der Waals surface area contributed by atoms with Crippen LogP contribution < -0.4 is 14.8 Å². The number of nitrogens with zero attached hydrogens (tertiary/aromatic N) is 2. The first kappa shape index (κ1) is 16.1. The first-order valence-corrected chi connectivity index (χ1v) is 9.37. The molecule has 4 rings (SSSR count). The highest BCUT2D eigenvalue weighted by Gasteiger charge is 2.25. The van der Waals surface area contributed by atoms with Gasteiger partial charge in [-0.25, -0.2) is 13.1 Å². The lowest BCUT2D eigenvalue weighted by atomic mass is 10.2. The molecular weight excluding hydrogens is 344 g/mol. The summed E-state index contributed by atoms with van der Waals surface area (Å²) in [6, 6.07) is 7.34. The van der Waals surface area contributed by atoms with Crippen LogP contribution >= 0.6 is 0 Å². The van der Waals surface area contributed by atoms with Crippen LogP contribution in [0, 0.1) is 0 Å². The number of methoxy groups -OCH3 is 1. The summed E-state index contributed by atoms with van der Waals surface area (Å²) in [7, 11) is -2.11. The molecule has 0 radical (unpaired) electrons. The van der Waals surface area contributed by atoms with Crippen molar-refractivity contribution in [2.75, 3.05) is 13.7 Å². The van der Waals surface area contributed by atoms with E-state index in [9.17, 15) is 8.42 Å². The molecule has 0 atom stereocenters. The summed E-state index contributed by atoms with van der Waals surface area (Å²) < 4.78 is 40.5. The molecule has 132 valence electrons. The second-order valence-corrected chi connectivity index (χ2v) is 7.51. The lowest BCUT2D eigenvalue weighted by molar-refractivity contribution is 0.407. The van der Waals surface area contributed by atoms with E-state index in [1.807, 2.05) is 12.1 Å². The Hall–Kier alpha value is -2.36. The topological polar surface area (TPSA) is 98.4 Å². The van der Waals surface area contributed by atoms with Gasteiger partial charge in [0.1, 0.15) is 10.7 Å². The minimum absolute atomic E-state index is 0.0538. The van der Waals surface area contributed by atoms with Gasteiger partial charge in [0, 0.05) is 18.5 Å². The van der Waals surface area contributed by atoms with Crippen LogP contribution in [0.15, 0.2) is 39.8 Å². The van der Waals surface area contributed by atoms with Gasteiger partial charge >= 0.3 is 0 Å². The molecule has 1 aromatic carbocycles. The van der Waals surface area contributed by atoms with E-state index in [4.69, 9.17) is 9.15 Å². The first-order chi connectivity index (χ1) is 12.1. The normalized spacial score (nSPS) is 14.6. The van der Waals surface area contributed by atoms with E-state index < -0.39 is 10.0 Å². The number of benzene rings is 1. The highest BCUT2D eigenvalue weighted by atomic mass is 32.2. The summed E-state index contributed by atoms with van der Waals surface area (Å²) in [6.45, 7) is 1.98. The average molecular weight is 362 g/mol. The molecule has 0 fully saturated rings. The molecule has 0 saturated carbocycles. The molecule has 3 aromatic rings. The van der Waals surface area contributed by atoms with E-state index in [0.717, 1.165) is 11.9 Å². The lowest BCUT2D eigenvalue weighted by Crippen LogP contribution is -2.31. The van der Waals surface area contributed by atoms with Crippen molar-refractivity contribution in [1.82, 2.24) is 19.8 Å². The van der Waals surface area contributed by atoms with Crippen LogP contribution in [0.5, 0.6) is 5.75 Å². The van der Waals surface area contributed by atoms with Crippen LogP contribution in [0.1, 0.15) is 11.5 Å². The molecule has 0 bridgehead atoms. The third-order valence-corrected chi connectivity index (χ3v) is 5.65. The Morgan fingerprint density at radius 1 is 1.44 bits per heavy atom. The molecular formula is C16H18N4O4S. The number of hydrogen-bond acceptors (Lipinski definition) is 6. The van der Waals surface area contributed by atoms with E-state index in [2.05, 4.69) is 15.1 Å². The van der Waals surface area contributed by atoms with Gasteiger partial charge in [-0.1, -0.05) is 12.1 Å². The van der Waals surface area contributed by atoms with E-state index >= 15 is 0 Å². The second-order valence-electron chi connectivity index (χ2n) is 5.77. The Kier molecular flexibility index (Phi) is 3.98. The molecule has 2 N–H and O–H groups in total. The standard InChI is InChI=1S/C16H18N4O4S/c1-23-14-4-2-3-11-7-12(24-16(11)14)8-19-25(21,22)15-10-18-20-6-5-17-9-13(15)20/h2-4,7,10,17,19H,5-6,8-9H2,1H3. The Morgan fingerprint density at radius 2 is 2.32 bits per heavy atom. The number of nitrogens with one attached hydrogen (secondary N) is 2. The smallest absolute Gasteiger partial charge is 0.244 e. The molecule has 3 heterocycles. The quantitative estimate of drug-likeness (QED) is 0.708. The largest absolute Gasteiger partial charge is 0.493 e. The van der Waals surface area contributed by atoms with Crippen molar-refractivity contribution in [3.63, 3.8) is 0 Å². The van der Waals surface area contributed by atoms with Gasteiger partial charge in [-0.2, -0.15) is 5.10 Å². The van der Waals surface area contributed by atoms with E-state index in [1.165, 1.54) is 6.20 Å². The Bertz CT molecular complexity index is 1020. The van der Waals surface area contributed by atoms with Crippen LogP contribution in [0.2, 0.25) is 0 Å². The van der Waals surface area contributed by atoms with Crippen LogP contribution in [0.3, 0.4) is 0 Å². The summed E-state index contributed by atoms with van der Waals surface area (Å²) in [5.74, 6) is 1.13. The van der Waals surface area contributed by atoms with Gasteiger partial charge < -0.3 is 14.5 Å². The third kappa shape index (κ3) is 2.90. The van der Waals surface area contributed by atoms with E-state index in [1.54, 1.807) is 23.9 Å². The molecule has 2 aromatic heterocycles. The maximum absolute atomic E-state index is 12.6. The third-order valence-electron chi connectivity index (χ3n) is 4.21. The highest BCUT2D eigenvalue weighted by molar-refractivity contribution is 7.89. The molecule has 0 saturated heterocycles. The van der Waals surface area contributed by atoms with Crippen molar-refractivity contribution in [3.05, 3.63) is 41.9 Å². The fourth-order valence-corrected chi connectivity index (χ4v) is 4.12.